The summed E-state index contributed by atoms with van der Waals surface area (Å²) < 4.78 is 0. The standard InChI is InChI=1S/C16H25N5S2/c1-5-13-9-19-15(23-13)10-20-16(17-6-2)18-8-7-14-11(3)21-12(4)22-14/h9H,5-8,10H2,1-4H3,(H2,17,18,20). The van der Waals surface area contributed by atoms with Gasteiger partial charge in [0.05, 0.1) is 17.2 Å². The highest BCUT2D eigenvalue weighted by atomic mass is 32.1. The van der Waals surface area contributed by atoms with Crippen molar-refractivity contribution in [3.63, 3.8) is 0 Å². The third kappa shape index (κ3) is 5.58. The van der Waals surface area contributed by atoms with Crippen LogP contribution in [0, 0.1) is 13.8 Å². The number of nitrogens with one attached hydrogen (secondary N) is 2. The highest BCUT2D eigenvalue weighted by Crippen LogP contribution is 2.17. The lowest BCUT2D eigenvalue weighted by atomic mass is 10.3. The molecule has 0 aromatic carbocycles. The molecule has 7 heteroatoms. The number of aryl methyl sites for hydroxylation is 3. The fourth-order valence-electron chi connectivity index (χ4n) is 2.17. The first kappa shape index (κ1) is 17.9. The minimum absolute atomic E-state index is 0.624. The maximum Gasteiger partial charge on any atom is 0.191 e. The Hall–Kier alpha value is -1.47. The molecule has 2 N–H and O–H groups in total. The van der Waals surface area contributed by atoms with Gasteiger partial charge in [0.25, 0.3) is 0 Å². The van der Waals surface area contributed by atoms with Gasteiger partial charge in [0.15, 0.2) is 5.96 Å². The molecule has 0 aliphatic heterocycles. The summed E-state index contributed by atoms with van der Waals surface area (Å²) >= 11 is 3.51. The van der Waals surface area contributed by atoms with Crippen molar-refractivity contribution in [2.45, 2.75) is 47.1 Å². The van der Waals surface area contributed by atoms with Gasteiger partial charge in [-0.2, -0.15) is 0 Å². The van der Waals surface area contributed by atoms with Crippen molar-refractivity contribution in [3.05, 3.63) is 31.7 Å². The normalized spacial score (nSPS) is 11.7. The molecule has 0 saturated heterocycles. The number of rotatable bonds is 7. The highest BCUT2D eigenvalue weighted by molar-refractivity contribution is 7.11. The maximum atomic E-state index is 4.62. The van der Waals surface area contributed by atoms with Crippen LogP contribution in [0.4, 0.5) is 0 Å². The Morgan fingerprint density at radius 1 is 1.22 bits per heavy atom. The minimum atomic E-state index is 0.624. The van der Waals surface area contributed by atoms with E-state index < -0.39 is 0 Å². The molecule has 0 atom stereocenters. The Balaban J connectivity index is 1.87. The molecule has 0 aliphatic rings. The van der Waals surface area contributed by atoms with E-state index in [1.165, 1.54) is 9.75 Å². The van der Waals surface area contributed by atoms with Crippen molar-refractivity contribution in [2.75, 3.05) is 13.1 Å². The maximum absolute atomic E-state index is 4.62. The second-order valence-corrected chi connectivity index (χ2v) is 7.67. The average Bonchev–Trinajstić information content (AvgIpc) is 3.11. The van der Waals surface area contributed by atoms with Gasteiger partial charge in [-0.25, -0.2) is 15.0 Å². The molecular weight excluding hydrogens is 326 g/mol. The lowest BCUT2D eigenvalue weighted by Gasteiger charge is -2.10. The van der Waals surface area contributed by atoms with Crippen molar-refractivity contribution >= 4 is 28.6 Å². The van der Waals surface area contributed by atoms with Crippen LogP contribution in [0.1, 0.15) is 39.3 Å². The van der Waals surface area contributed by atoms with Crippen LogP contribution in [-0.4, -0.2) is 29.0 Å². The Kier molecular flexibility index (Phi) is 6.98. The third-order valence-corrected chi connectivity index (χ3v) is 5.57. The first-order valence-corrected chi connectivity index (χ1v) is 9.64. The first-order chi connectivity index (χ1) is 11.1. The summed E-state index contributed by atoms with van der Waals surface area (Å²) in [4.78, 5) is 16.2. The van der Waals surface area contributed by atoms with Crippen LogP contribution >= 0.6 is 22.7 Å². The second-order valence-electron chi connectivity index (χ2n) is 5.19. The number of hydrogen-bond donors (Lipinski definition) is 2. The van der Waals surface area contributed by atoms with E-state index in [-0.39, 0.29) is 0 Å². The van der Waals surface area contributed by atoms with E-state index in [1.54, 1.807) is 22.7 Å². The summed E-state index contributed by atoms with van der Waals surface area (Å²) in [7, 11) is 0. The van der Waals surface area contributed by atoms with Crippen LogP contribution in [0.25, 0.3) is 0 Å². The third-order valence-electron chi connectivity index (χ3n) is 3.31. The molecule has 0 bridgehead atoms. The van der Waals surface area contributed by atoms with Gasteiger partial charge in [0, 0.05) is 35.5 Å². The fourth-order valence-corrected chi connectivity index (χ4v) is 3.90. The van der Waals surface area contributed by atoms with E-state index >= 15 is 0 Å². The van der Waals surface area contributed by atoms with Crippen molar-refractivity contribution in [3.8, 4) is 0 Å². The fraction of sp³-hybridized carbons (Fsp3) is 0.562. The number of thiazole rings is 2. The number of nitrogens with zero attached hydrogens (tertiary/aromatic N) is 3. The van der Waals surface area contributed by atoms with Crippen LogP contribution in [0.15, 0.2) is 11.2 Å². The monoisotopic (exact) mass is 351 g/mol. The molecule has 2 rings (SSSR count). The van der Waals surface area contributed by atoms with Gasteiger partial charge in [0.2, 0.25) is 0 Å². The second kappa shape index (κ2) is 8.98. The van der Waals surface area contributed by atoms with Gasteiger partial charge in [-0.15, -0.1) is 22.7 Å². The quantitative estimate of drug-likeness (QED) is 0.594. The summed E-state index contributed by atoms with van der Waals surface area (Å²) in [5.74, 6) is 0.847. The van der Waals surface area contributed by atoms with E-state index in [9.17, 15) is 0 Å². The number of aliphatic imine (C=N–C) groups is 1. The van der Waals surface area contributed by atoms with Crippen LogP contribution in [-0.2, 0) is 19.4 Å². The Labute approximate surface area is 146 Å². The summed E-state index contributed by atoms with van der Waals surface area (Å²) in [6.07, 6.45) is 3.96. The zero-order valence-electron chi connectivity index (χ0n) is 14.3. The van der Waals surface area contributed by atoms with Gasteiger partial charge in [-0.05, 0) is 27.2 Å². The molecular formula is C16H25N5S2. The smallest absolute Gasteiger partial charge is 0.191 e. The average molecular weight is 352 g/mol. The minimum Gasteiger partial charge on any atom is -0.357 e. The van der Waals surface area contributed by atoms with Crippen molar-refractivity contribution < 1.29 is 0 Å². The molecule has 0 radical (unpaired) electrons. The Morgan fingerprint density at radius 2 is 2.04 bits per heavy atom. The van der Waals surface area contributed by atoms with Gasteiger partial charge in [-0.1, -0.05) is 6.92 Å². The Morgan fingerprint density at radius 3 is 2.65 bits per heavy atom. The molecule has 0 fully saturated rings. The molecule has 23 heavy (non-hydrogen) atoms. The van der Waals surface area contributed by atoms with Crippen molar-refractivity contribution in [1.82, 2.24) is 20.6 Å². The van der Waals surface area contributed by atoms with Crippen LogP contribution < -0.4 is 10.6 Å². The van der Waals surface area contributed by atoms with E-state index in [4.69, 9.17) is 0 Å². The van der Waals surface area contributed by atoms with Gasteiger partial charge in [-0.3, -0.25) is 0 Å². The van der Waals surface area contributed by atoms with E-state index in [0.29, 0.717) is 6.54 Å². The number of hydrogen-bond acceptors (Lipinski definition) is 5. The van der Waals surface area contributed by atoms with Crippen LogP contribution in [0.5, 0.6) is 0 Å². The zero-order valence-corrected chi connectivity index (χ0v) is 15.9. The summed E-state index contributed by atoms with van der Waals surface area (Å²) in [6.45, 7) is 10.7. The lowest BCUT2D eigenvalue weighted by molar-refractivity contribution is 0.800. The number of aromatic nitrogens is 2. The molecule has 5 nitrogen and oxygen atoms in total. The van der Waals surface area contributed by atoms with Crippen LogP contribution in [0.2, 0.25) is 0 Å². The SMILES string of the molecule is CCNC(=NCc1ncc(CC)s1)NCCc1sc(C)nc1C. The van der Waals surface area contributed by atoms with Gasteiger partial charge < -0.3 is 10.6 Å². The van der Waals surface area contributed by atoms with E-state index in [1.807, 2.05) is 6.20 Å². The molecule has 0 saturated carbocycles. The first-order valence-electron chi connectivity index (χ1n) is 8.01. The van der Waals surface area contributed by atoms with Crippen molar-refractivity contribution in [1.29, 1.82) is 0 Å². The highest BCUT2D eigenvalue weighted by Gasteiger charge is 2.05. The predicted octanol–water partition coefficient (Wildman–Crippen LogP) is 3.08. The van der Waals surface area contributed by atoms with Crippen LogP contribution in [0.3, 0.4) is 0 Å². The molecule has 0 unspecified atom stereocenters. The lowest BCUT2D eigenvalue weighted by Crippen LogP contribution is -2.38. The zero-order chi connectivity index (χ0) is 16.7. The van der Waals surface area contributed by atoms with E-state index in [2.05, 4.69) is 53.3 Å². The molecule has 2 aromatic heterocycles. The summed E-state index contributed by atoms with van der Waals surface area (Å²) in [5, 5.41) is 8.87. The van der Waals surface area contributed by atoms with Gasteiger partial charge in [0.1, 0.15) is 5.01 Å². The molecule has 2 heterocycles. The molecule has 0 amide bonds. The molecule has 126 valence electrons. The van der Waals surface area contributed by atoms with E-state index in [0.717, 1.165) is 47.6 Å². The molecule has 2 aromatic rings. The van der Waals surface area contributed by atoms with Gasteiger partial charge >= 0.3 is 0 Å². The Bertz CT molecular complexity index is 645. The number of guanidine groups is 1. The summed E-state index contributed by atoms with van der Waals surface area (Å²) in [6, 6.07) is 0. The largest absolute Gasteiger partial charge is 0.357 e. The summed E-state index contributed by atoms with van der Waals surface area (Å²) in [5.41, 5.74) is 1.14. The molecule has 0 aliphatic carbocycles. The van der Waals surface area contributed by atoms with Crippen molar-refractivity contribution in [2.24, 2.45) is 4.99 Å². The predicted molar refractivity (Wildman–Crippen MR) is 99.6 cm³/mol. The topological polar surface area (TPSA) is 62.2 Å². The molecule has 0 spiro atoms.